The Kier molecular flexibility index (Phi) is 4.42. The molecule has 0 radical (unpaired) electrons. The van der Waals surface area contributed by atoms with Crippen molar-refractivity contribution in [2.75, 3.05) is 6.61 Å². The molecule has 5 heteroatoms. The molecular weight excluding hydrogens is 248 g/mol. The van der Waals surface area contributed by atoms with Gasteiger partial charge < -0.3 is 4.74 Å². The van der Waals surface area contributed by atoms with E-state index in [4.69, 9.17) is 10.6 Å². The van der Waals surface area contributed by atoms with E-state index in [9.17, 15) is 4.79 Å². The SMILES string of the molecule is NNC(=O)CCOc1ccccc1Br. The van der Waals surface area contributed by atoms with Crippen LogP contribution in [0.4, 0.5) is 0 Å². The van der Waals surface area contributed by atoms with E-state index in [1.165, 1.54) is 0 Å². The van der Waals surface area contributed by atoms with Gasteiger partial charge in [-0.1, -0.05) is 12.1 Å². The van der Waals surface area contributed by atoms with Gasteiger partial charge in [0, 0.05) is 0 Å². The normalized spacial score (nSPS) is 9.57. The lowest BCUT2D eigenvalue weighted by molar-refractivity contribution is -0.121. The number of rotatable bonds is 4. The molecule has 0 aliphatic heterocycles. The highest BCUT2D eigenvalue weighted by molar-refractivity contribution is 9.10. The second-order valence-corrected chi connectivity index (χ2v) is 3.45. The first-order chi connectivity index (χ1) is 6.74. The van der Waals surface area contributed by atoms with Crippen LogP contribution in [0.3, 0.4) is 0 Å². The van der Waals surface area contributed by atoms with Gasteiger partial charge in [-0.25, -0.2) is 5.84 Å². The van der Waals surface area contributed by atoms with Gasteiger partial charge in [0.25, 0.3) is 0 Å². The molecule has 0 aliphatic rings. The summed E-state index contributed by atoms with van der Waals surface area (Å²) in [6.45, 7) is 0.311. The fraction of sp³-hybridized carbons (Fsp3) is 0.222. The summed E-state index contributed by atoms with van der Waals surface area (Å²) in [5, 5.41) is 0. The molecule has 1 rings (SSSR count). The molecule has 1 aromatic carbocycles. The molecule has 0 bridgehead atoms. The van der Waals surface area contributed by atoms with E-state index in [0.29, 0.717) is 6.61 Å². The van der Waals surface area contributed by atoms with E-state index in [-0.39, 0.29) is 12.3 Å². The molecule has 4 nitrogen and oxygen atoms in total. The number of benzene rings is 1. The minimum atomic E-state index is -0.239. The monoisotopic (exact) mass is 258 g/mol. The minimum absolute atomic E-state index is 0.239. The van der Waals surface area contributed by atoms with Crippen LogP contribution in [0.2, 0.25) is 0 Å². The predicted octanol–water partition coefficient (Wildman–Crippen LogP) is 1.21. The summed E-state index contributed by atoms with van der Waals surface area (Å²) in [4.78, 5) is 10.8. The van der Waals surface area contributed by atoms with E-state index >= 15 is 0 Å². The number of carbonyl (C=O) groups is 1. The van der Waals surface area contributed by atoms with Gasteiger partial charge in [-0.15, -0.1) is 0 Å². The molecule has 14 heavy (non-hydrogen) atoms. The Balaban J connectivity index is 2.39. The number of hydrogen-bond donors (Lipinski definition) is 2. The van der Waals surface area contributed by atoms with Crippen LogP contribution in [0.25, 0.3) is 0 Å². The van der Waals surface area contributed by atoms with Crippen molar-refractivity contribution in [1.29, 1.82) is 0 Å². The van der Waals surface area contributed by atoms with E-state index < -0.39 is 0 Å². The van der Waals surface area contributed by atoms with Crippen LogP contribution in [0, 0.1) is 0 Å². The average molecular weight is 259 g/mol. The summed E-state index contributed by atoms with van der Waals surface area (Å²) >= 11 is 3.33. The van der Waals surface area contributed by atoms with Gasteiger partial charge in [0.15, 0.2) is 0 Å². The fourth-order valence-electron chi connectivity index (χ4n) is 0.888. The van der Waals surface area contributed by atoms with E-state index in [0.717, 1.165) is 10.2 Å². The molecule has 0 saturated carbocycles. The number of para-hydroxylation sites is 1. The highest BCUT2D eigenvalue weighted by Gasteiger charge is 2.01. The summed E-state index contributed by atoms with van der Waals surface area (Å²) in [5.41, 5.74) is 2.04. The van der Waals surface area contributed by atoms with Gasteiger partial charge in [0.1, 0.15) is 5.75 Å². The smallest absolute Gasteiger partial charge is 0.237 e. The van der Waals surface area contributed by atoms with Crippen LogP contribution in [0.5, 0.6) is 5.75 Å². The Hall–Kier alpha value is -1.07. The predicted molar refractivity (Wildman–Crippen MR) is 56.6 cm³/mol. The summed E-state index contributed by atoms with van der Waals surface area (Å²) in [5.74, 6) is 5.40. The lowest BCUT2D eigenvalue weighted by atomic mass is 10.3. The fourth-order valence-corrected chi connectivity index (χ4v) is 1.29. The molecule has 0 fully saturated rings. The number of ether oxygens (including phenoxy) is 1. The van der Waals surface area contributed by atoms with E-state index in [1.54, 1.807) is 0 Å². The summed E-state index contributed by atoms with van der Waals surface area (Å²) in [6.07, 6.45) is 0.248. The number of nitrogens with one attached hydrogen (secondary N) is 1. The molecule has 3 N–H and O–H groups in total. The zero-order valence-corrected chi connectivity index (χ0v) is 9.08. The van der Waals surface area contributed by atoms with Gasteiger partial charge in [0.2, 0.25) is 5.91 Å². The largest absolute Gasteiger partial charge is 0.492 e. The number of hydrogen-bond acceptors (Lipinski definition) is 3. The first-order valence-corrected chi connectivity index (χ1v) is 4.90. The Labute approximate surface area is 90.5 Å². The van der Waals surface area contributed by atoms with Crippen molar-refractivity contribution in [1.82, 2.24) is 5.43 Å². The van der Waals surface area contributed by atoms with Crippen LogP contribution in [-0.4, -0.2) is 12.5 Å². The maximum absolute atomic E-state index is 10.8. The highest BCUT2D eigenvalue weighted by atomic mass is 79.9. The number of amides is 1. The second-order valence-electron chi connectivity index (χ2n) is 2.60. The lowest BCUT2D eigenvalue weighted by Gasteiger charge is -2.06. The Morgan fingerprint density at radius 3 is 2.86 bits per heavy atom. The van der Waals surface area contributed by atoms with Crippen molar-refractivity contribution in [2.45, 2.75) is 6.42 Å². The van der Waals surface area contributed by atoms with Crippen LogP contribution < -0.4 is 16.0 Å². The van der Waals surface area contributed by atoms with Crippen LogP contribution in [-0.2, 0) is 4.79 Å². The topological polar surface area (TPSA) is 64.3 Å². The maximum atomic E-state index is 10.8. The van der Waals surface area contributed by atoms with Gasteiger partial charge in [-0.2, -0.15) is 0 Å². The Morgan fingerprint density at radius 2 is 2.21 bits per heavy atom. The summed E-state index contributed by atoms with van der Waals surface area (Å²) < 4.78 is 6.21. The Bertz CT molecular complexity index is 317. The third-order valence-electron chi connectivity index (χ3n) is 1.58. The van der Waals surface area contributed by atoms with Crippen LogP contribution in [0.15, 0.2) is 28.7 Å². The number of halogens is 1. The van der Waals surface area contributed by atoms with Crippen molar-refractivity contribution in [3.8, 4) is 5.75 Å². The van der Waals surface area contributed by atoms with Crippen molar-refractivity contribution in [3.63, 3.8) is 0 Å². The van der Waals surface area contributed by atoms with Crippen molar-refractivity contribution >= 4 is 21.8 Å². The minimum Gasteiger partial charge on any atom is -0.492 e. The molecule has 0 spiro atoms. The third kappa shape index (κ3) is 3.35. The second kappa shape index (κ2) is 5.62. The summed E-state index contributed by atoms with van der Waals surface area (Å²) in [7, 11) is 0. The lowest BCUT2D eigenvalue weighted by Crippen LogP contribution is -2.31. The van der Waals surface area contributed by atoms with Gasteiger partial charge in [0.05, 0.1) is 17.5 Å². The van der Waals surface area contributed by atoms with Crippen molar-refractivity contribution in [2.24, 2.45) is 5.84 Å². The molecule has 1 aromatic rings. The zero-order chi connectivity index (χ0) is 10.4. The molecule has 0 unspecified atom stereocenters. The summed E-state index contributed by atoms with van der Waals surface area (Å²) in [6, 6.07) is 7.45. The molecule has 0 atom stereocenters. The molecule has 1 amide bonds. The highest BCUT2D eigenvalue weighted by Crippen LogP contribution is 2.23. The number of hydrazine groups is 1. The van der Waals surface area contributed by atoms with Gasteiger partial charge in [-0.05, 0) is 28.1 Å². The molecule has 0 heterocycles. The average Bonchev–Trinajstić information content (AvgIpc) is 2.20. The van der Waals surface area contributed by atoms with Crippen molar-refractivity contribution in [3.05, 3.63) is 28.7 Å². The third-order valence-corrected chi connectivity index (χ3v) is 2.24. The molecule has 76 valence electrons. The Morgan fingerprint density at radius 1 is 1.50 bits per heavy atom. The molecule has 0 saturated heterocycles. The maximum Gasteiger partial charge on any atom is 0.237 e. The molecular formula is C9H11BrN2O2. The molecule has 0 aliphatic carbocycles. The first-order valence-electron chi connectivity index (χ1n) is 4.11. The van der Waals surface area contributed by atoms with Crippen molar-refractivity contribution < 1.29 is 9.53 Å². The van der Waals surface area contributed by atoms with Gasteiger partial charge >= 0.3 is 0 Å². The number of carbonyl (C=O) groups excluding carboxylic acids is 1. The van der Waals surface area contributed by atoms with E-state index in [1.807, 2.05) is 29.7 Å². The standard InChI is InChI=1S/C9H11BrN2O2/c10-7-3-1-2-4-8(7)14-6-5-9(13)12-11/h1-4H,5-6,11H2,(H,12,13). The van der Waals surface area contributed by atoms with Crippen LogP contribution >= 0.6 is 15.9 Å². The zero-order valence-electron chi connectivity index (χ0n) is 7.50. The molecule has 0 aromatic heterocycles. The van der Waals surface area contributed by atoms with Crippen LogP contribution in [0.1, 0.15) is 6.42 Å². The number of nitrogens with two attached hydrogens (primary N) is 1. The van der Waals surface area contributed by atoms with Gasteiger partial charge in [-0.3, -0.25) is 10.2 Å². The van der Waals surface area contributed by atoms with E-state index in [2.05, 4.69) is 15.9 Å². The quantitative estimate of drug-likeness (QED) is 0.485. The first kappa shape index (κ1) is 11.0.